The molecule has 2 aromatic heterocycles. The van der Waals surface area contributed by atoms with E-state index in [1.807, 2.05) is 16.2 Å². The minimum absolute atomic E-state index is 0.0244. The predicted molar refractivity (Wildman–Crippen MR) is 117 cm³/mol. The number of halogens is 1. The second-order valence-electron chi connectivity index (χ2n) is 8.25. The van der Waals surface area contributed by atoms with E-state index in [0.29, 0.717) is 19.0 Å². The fourth-order valence-electron chi connectivity index (χ4n) is 4.22. The molecule has 7 heteroatoms. The zero-order chi connectivity index (χ0) is 19.8. The first-order chi connectivity index (χ1) is 13.5. The van der Waals surface area contributed by atoms with Gasteiger partial charge in [0.05, 0.1) is 5.39 Å². The molecular formula is C21H29ClN4OS. The van der Waals surface area contributed by atoms with E-state index in [9.17, 15) is 4.79 Å². The summed E-state index contributed by atoms with van der Waals surface area (Å²) in [5.41, 5.74) is 1.48. The highest BCUT2D eigenvalue weighted by Gasteiger charge is 2.28. The highest BCUT2D eigenvalue weighted by atomic mass is 35.5. The Balaban J connectivity index is 1.74. The first-order valence-corrected chi connectivity index (χ1v) is 11.8. The molecule has 2 aromatic rings. The van der Waals surface area contributed by atoms with E-state index in [2.05, 4.69) is 25.7 Å². The zero-order valence-corrected chi connectivity index (χ0v) is 18.6. The minimum Gasteiger partial charge on any atom is -0.352 e. The van der Waals surface area contributed by atoms with E-state index in [1.54, 1.807) is 0 Å². The highest BCUT2D eigenvalue weighted by molar-refractivity contribution is 7.19. The molecule has 0 unspecified atom stereocenters. The number of fused-ring (bicyclic) bond motifs is 3. The second-order valence-corrected chi connectivity index (χ2v) is 9.60. The van der Waals surface area contributed by atoms with Gasteiger partial charge in [0.1, 0.15) is 22.4 Å². The Kier molecular flexibility index (Phi) is 5.79. The molecule has 0 spiro atoms. The van der Waals surface area contributed by atoms with Gasteiger partial charge in [-0.05, 0) is 37.2 Å². The predicted octanol–water partition coefficient (Wildman–Crippen LogP) is 4.22. The van der Waals surface area contributed by atoms with Crippen molar-refractivity contribution in [3.8, 4) is 0 Å². The Morgan fingerprint density at radius 1 is 1.29 bits per heavy atom. The van der Waals surface area contributed by atoms with Crippen LogP contribution in [-0.2, 0) is 17.6 Å². The summed E-state index contributed by atoms with van der Waals surface area (Å²) in [7, 11) is 0. The lowest BCUT2D eigenvalue weighted by atomic mass is 9.89. The molecule has 0 bridgehead atoms. The van der Waals surface area contributed by atoms with Crippen molar-refractivity contribution in [1.82, 2.24) is 14.9 Å². The largest absolute Gasteiger partial charge is 0.352 e. The number of carbonyl (C=O) groups is 1. The SMILES string of the molecule is CC[C@@H](C)c1nc(N2CCN(C(=O)CCl)CC2)c2c3c(sc2n1)C[C@H](C)CC3. The summed E-state index contributed by atoms with van der Waals surface area (Å²) >= 11 is 7.61. The molecular weight excluding hydrogens is 392 g/mol. The Morgan fingerprint density at radius 2 is 2.04 bits per heavy atom. The molecule has 4 rings (SSSR count). The molecule has 2 aliphatic rings. The lowest BCUT2D eigenvalue weighted by Crippen LogP contribution is -2.49. The van der Waals surface area contributed by atoms with Crippen molar-refractivity contribution in [1.29, 1.82) is 0 Å². The van der Waals surface area contributed by atoms with E-state index in [1.165, 1.54) is 22.2 Å². The van der Waals surface area contributed by atoms with Crippen LogP contribution in [0.4, 0.5) is 5.82 Å². The number of aryl methyl sites for hydroxylation is 1. The number of rotatable bonds is 4. The summed E-state index contributed by atoms with van der Waals surface area (Å²) in [5.74, 6) is 3.22. The standard InChI is InChI=1S/C21H29ClN4OS/c1-4-14(3)19-23-20(26-9-7-25(8-10-26)17(27)12-22)18-15-6-5-13(2)11-16(15)28-21(18)24-19/h13-14H,4-12H2,1-3H3/t13-,14-/m1/s1. The molecule has 2 atom stereocenters. The molecule has 0 saturated carbocycles. The van der Waals surface area contributed by atoms with E-state index in [4.69, 9.17) is 21.6 Å². The maximum absolute atomic E-state index is 11.9. The Bertz CT molecular complexity index is 875. The number of amides is 1. The van der Waals surface area contributed by atoms with E-state index >= 15 is 0 Å². The molecule has 5 nitrogen and oxygen atoms in total. The molecule has 3 heterocycles. The summed E-state index contributed by atoms with van der Waals surface area (Å²) < 4.78 is 0. The van der Waals surface area contributed by atoms with Crippen molar-refractivity contribution in [3.63, 3.8) is 0 Å². The Morgan fingerprint density at radius 3 is 2.71 bits per heavy atom. The number of aromatic nitrogens is 2. The molecule has 1 saturated heterocycles. The van der Waals surface area contributed by atoms with Crippen molar-refractivity contribution >= 4 is 44.9 Å². The molecule has 1 aliphatic carbocycles. The second kappa shape index (κ2) is 8.15. The first kappa shape index (κ1) is 19.9. The lowest BCUT2D eigenvalue weighted by molar-refractivity contribution is -0.128. The van der Waals surface area contributed by atoms with Crippen LogP contribution in [0.15, 0.2) is 0 Å². The topological polar surface area (TPSA) is 49.3 Å². The number of hydrogen-bond donors (Lipinski definition) is 0. The lowest BCUT2D eigenvalue weighted by Gasteiger charge is -2.36. The van der Waals surface area contributed by atoms with Crippen LogP contribution >= 0.6 is 22.9 Å². The van der Waals surface area contributed by atoms with Gasteiger partial charge in [-0.1, -0.05) is 20.8 Å². The van der Waals surface area contributed by atoms with E-state index in [-0.39, 0.29) is 11.8 Å². The summed E-state index contributed by atoms with van der Waals surface area (Å²) in [6.07, 6.45) is 4.56. The fourth-order valence-corrected chi connectivity index (χ4v) is 5.78. The number of anilines is 1. The molecule has 0 radical (unpaired) electrons. The van der Waals surface area contributed by atoms with Gasteiger partial charge in [0.2, 0.25) is 5.91 Å². The number of alkyl halides is 1. The van der Waals surface area contributed by atoms with Crippen molar-refractivity contribution in [2.75, 3.05) is 37.0 Å². The molecule has 28 heavy (non-hydrogen) atoms. The van der Waals surface area contributed by atoms with Crippen LogP contribution in [0.25, 0.3) is 10.2 Å². The summed E-state index contributed by atoms with van der Waals surface area (Å²) in [5, 5.41) is 1.27. The van der Waals surface area contributed by atoms with Crippen molar-refractivity contribution in [3.05, 3.63) is 16.3 Å². The normalized spacial score (nSPS) is 21.1. The summed E-state index contributed by atoms with van der Waals surface area (Å²) in [6, 6.07) is 0. The van der Waals surface area contributed by atoms with Crippen molar-refractivity contribution in [2.24, 2.45) is 5.92 Å². The molecule has 1 amide bonds. The van der Waals surface area contributed by atoms with Gasteiger partial charge in [0, 0.05) is 37.0 Å². The first-order valence-electron chi connectivity index (χ1n) is 10.4. The van der Waals surface area contributed by atoms with Crippen LogP contribution < -0.4 is 4.90 Å². The van der Waals surface area contributed by atoms with E-state index < -0.39 is 0 Å². The molecule has 1 aliphatic heterocycles. The maximum atomic E-state index is 11.9. The number of nitrogens with zero attached hydrogens (tertiary/aromatic N) is 4. The zero-order valence-electron chi connectivity index (χ0n) is 17.0. The van der Waals surface area contributed by atoms with E-state index in [0.717, 1.165) is 54.7 Å². The van der Waals surface area contributed by atoms with Gasteiger partial charge < -0.3 is 9.80 Å². The van der Waals surface area contributed by atoms with Gasteiger partial charge in [-0.25, -0.2) is 9.97 Å². The van der Waals surface area contributed by atoms with Crippen LogP contribution in [-0.4, -0.2) is 52.8 Å². The van der Waals surface area contributed by atoms with Gasteiger partial charge >= 0.3 is 0 Å². The molecule has 1 fully saturated rings. The Labute approximate surface area is 176 Å². The van der Waals surface area contributed by atoms with Gasteiger partial charge in [-0.3, -0.25) is 4.79 Å². The van der Waals surface area contributed by atoms with Gasteiger partial charge in [-0.2, -0.15) is 0 Å². The fraction of sp³-hybridized carbons (Fsp3) is 0.667. The minimum atomic E-state index is 0.0244. The third kappa shape index (κ3) is 3.61. The van der Waals surface area contributed by atoms with Crippen molar-refractivity contribution in [2.45, 2.75) is 52.4 Å². The van der Waals surface area contributed by atoms with Gasteiger partial charge in [0.15, 0.2) is 0 Å². The average molecular weight is 421 g/mol. The third-order valence-electron chi connectivity index (χ3n) is 6.25. The van der Waals surface area contributed by atoms with Crippen LogP contribution in [0, 0.1) is 5.92 Å². The van der Waals surface area contributed by atoms with Crippen molar-refractivity contribution < 1.29 is 4.79 Å². The van der Waals surface area contributed by atoms with Crippen LogP contribution in [0.3, 0.4) is 0 Å². The molecule has 0 N–H and O–H groups in total. The third-order valence-corrected chi connectivity index (χ3v) is 7.63. The van der Waals surface area contributed by atoms with Crippen LogP contribution in [0.1, 0.15) is 55.8 Å². The number of hydrogen-bond acceptors (Lipinski definition) is 5. The van der Waals surface area contributed by atoms with Gasteiger partial charge in [-0.15, -0.1) is 22.9 Å². The monoisotopic (exact) mass is 420 g/mol. The highest BCUT2D eigenvalue weighted by Crippen LogP contribution is 2.41. The van der Waals surface area contributed by atoms with Crippen LogP contribution in [0.2, 0.25) is 0 Å². The average Bonchev–Trinajstić information content (AvgIpc) is 3.09. The Hall–Kier alpha value is -1.40. The maximum Gasteiger partial charge on any atom is 0.237 e. The number of thiophene rings is 1. The smallest absolute Gasteiger partial charge is 0.237 e. The molecule has 0 aromatic carbocycles. The van der Waals surface area contributed by atoms with Crippen LogP contribution in [0.5, 0.6) is 0 Å². The summed E-state index contributed by atoms with van der Waals surface area (Å²) in [6.45, 7) is 9.76. The summed E-state index contributed by atoms with van der Waals surface area (Å²) in [4.78, 5) is 28.9. The molecule has 152 valence electrons. The quantitative estimate of drug-likeness (QED) is 0.695. The van der Waals surface area contributed by atoms with Gasteiger partial charge in [0.25, 0.3) is 0 Å². The number of carbonyl (C=O) groups excluding carboxylic acids is 1. The number of piperazine rings is 1.